The number of unbranched alkanes of at least 4 members (excludes halogenated alkanes) is 1. The number of fused-ring (bicyclic) bond motifs is 1. The number of aliphatic carboxylic acids is 2. The molecule has 1 heterocycles. The van der Waals surface area contributed by atoms with Crippen LogP contribution in [0.2, 0.25) is 0 Å². The summed E-state index contributed by atoms with van der Waals surface area (Å²) < 4.78 is 28.0. The molecule has 41 heavy (non-hydrogen) atoms. The summed E-state index contributed by atoms with van der Waals surface area (Å²) in [6.07, 6.45) is 2.19. The van der Waals surface area contributed by atoms with E-state index in [0.29, 0.717) is 17.5 Å². The number of sulfone groups is 1. The molecule has 230 valence electrons. The lowest BCUT2D eigenvalue weighted by molar-refractivity contribution is -0.308. The van der Waals surface area contributed by atoms with Gasteiger partial charge in [-0.1, -0.05) is 57.0 Å². The van der Waals surface area contributed by atoms with Gasteiger partial charge in [-0.15, -0.1) is 0 Å². The molecule has 12 heteroatoms. The molecule has 2 aromatic carbocycles. The second-order valence-corrected chi connectivity index (χ2v) is 12.6. The Morgan fingerprint density at radius 1 is 1.07 bits per heavy atom. The molecule has 0 spiro atoms. The van der Waals surface area contributed by atoms with E-state index in [-0.39, 0.29) is 35.5 Å². The van der Waals surface area contributed by atoms with Crippen molar-refractivity contribution in [2.24, 2.45) is 0 Å². The number of carbonyl (C=O) groups excluding carboxylic acids is 2. The van der Waals surface area contributed by atoms with E-state index in [2.05, 4.69) is 17.6 Å². The standard InChI is InChI=1S/C29H41N3O6S.2H3N/c1-5-7-13-29(6-2)19-39(37,38)25-14-21(18-30-22(15-26(33)34)16-27(35)36)24(32(3)4)17-23(25)28(31-29)20-11-9-8-10-12-20;;/h8-12,14,17,22,28,30-31H,5-7,13,15-16,18-19H2,1-4H3,(H,33,34)(H,35,36);2*1H3/t28-,29-;;/m1../s1. The number of anilines is 1. The molecule has 2 atom stereocenters. The lowest BCUT2D eigenvalue weighted by Gasteiger charge is -2.36. The Hall–Kier alpha value is -3.03. The van der Waals surface area contributed by atoms with E-state index in [1.807, 2.05) is 62.3 Å². The molecule has 11 nitrogen and oxygen atoms in total. The summed E-state index contributed by atoms with van der Waals surface area (Å²) in [4.78, 5) is 24.4. The first-order chi connectivity index (χ1) is 18.4. The molecule has 0 saturated heterocycles. The topological polar surface area (TPSA) is 215 Å². The van der Waals surface area contributed by atoms with Crippen LogP contribution >= 0.6 is 0 Å². The fraction of sp³-hybridized carbons (Fsp3) is 0.517. The zero-order valence-corrected chi connectivity index (χ0v) is 26.0. The molecule has 0 aromatic heterocycles. The van der Waals surface area contributed by atoms with E-state index in [1.54, 1.807) is 6.07 Å². The fourth-order valence-electron chi connectivity index (χ4n) is 5.37. The SMILES string of the molecule is CCCC[C@]1(CC)CS(=O)(=O)c2cc(CNC(CC(=O)[O-])CC(=O)[O-])c(N(C)C)cc2[C@@H](c2ccccc2)N1.[NH4+].[NH4+]. The largest absolute Gasteiger partial charge is 0.550 e. The highest BCUT2D eigenvalue weighted by Gasteiger charge is 2.42. The zero-order chi connectivity index (χ0) is 28.8. The molecule has 0 saturated carbocycles. The normalized spacial score (nSPS) is 19.3. The minimum atomic E-state index is -3.73. The van der Waals surface area contributed by atoms with Gasteiger partial charge in [-0.3, -0.25) is 5.32 Å². The lowest BCUT2D eigenvalue weighted by Crippen LogP contribution is -2.50. The summed E-state index contributed by atoms with van der Waals surface area (Å²) in [5.74, 6) is -2.81. The van der Waals surface area contributed by atoms with Crippen LogP contribution in [0.1, 0.15) is 75.1 Å². The van der Waals surface area contributed by atoms with Crippen molar-refractivity contribution in [3.05, 3.63) is 59.2 Å². The summed E-state index contributed by atoms with van der Waals surface area (Å²) in [6, 6.07) is 12.1. The Kier molecular flexibility index (Phi) is 13.4. The number of hydrogen-bond donors (Lipinski definition) is 4. The maximum Gasteiger partial charge on any atom is 0.180 e. The Morgan fingerprint density at radius 3 is 2.20 bits per heavy atom. The van der Waals surface area contributed by atoms with E-state index in [1.165, 1.54) is 0 Å². The van der Waals surface area contributed by atoms with Gasteiger partial charge >= 0.3 is 0 Å². The predicted molar refractivity (Wildman–Crippen MR) is 159 cm³/mol. The third-order valence-electron chi connectivity index (χ3n) is 7.48. The van der Waals surface area contributed by atoms with E-state index < -0.39 is 46.2 Å². The van der Waals surface area contributed by atoms with Crippen molar-refractivity contribution in [1.29, 1.82) is 0 Å². The first-order valence-corrected chi connectivity index (χ1v) is 15.1. The van der Waals surface area contributed by atoms with Gasteiger partial charge in [-0.05, 0) is 41.7 Å². The fourth-order valence-corrected chi connectivity index (χ4v) is 7.54. The van der Waals surface area contributed by atoms with Crippen molar-refractivity contribution in [2.45, 2.75) is 81.4 Å². The average Bonchev–Trinajstić information content (AvgIpc) is 2.97. The Balaban J connectivity index is 0.00000420. The van der Waals surface area contributed by atoms with E-state index in [9.17, 15) is 28.2 Å². The monoisotopic (exact) mass is 593 g/mol. The quantitative estimate of drug-likeness (QED) is 0.267. The molecule has 0 fully saturated rings. The highest BCUT2D eigenvalue weighted by molar-refractivity contribution is 7.91. The molecule has 1 aliphatic heterocycles. The Labute approximate surface area is 243 Å². The predicted octanol–water partition coefficient (Wildman–Crippen LogP) is 2.05. The van der Waals surface area contributed by atoms with Crippen LogP contribution < -0.4 is 38.0 Å². The third-order valence-corrected chi connectivity index (χ3v) is 9.44. The molecular weight excluding hydrogens is 546 g/mol. The van der Waals surface area contributed by atoms with Crippen LogP contribution in [0.5, 0.6) is 0 Å². The summed E-state index contributed by atoms with van der Waals surface area (Å²) in [5.41, 5.74) is 2.37. The summed E-state index contributed by atoms with van der Waals surface area (Å²) in [7, 11) is -0.0361. The van der Waals surface area contributed by atoms with Crippen LogP contribution in [0.4, 0.5) is 5.69 Å². The van der Waals surface area contributed by atoms with Crippen molar-refractivity contribution >= 4 is 27.5 Å². The van der Waals surface area contributed by atoms with E-state index in [4.69, 9.17) is 0 Å². The first-order valence-electron chi connectivity index (χ1n) is 13.4. The number of benzene rings is 2. The van der Waals surface area contributed by atoms with E-state index in [0.717, 1.165) is 30.5 Å². The highest BCUT2D eigenvalue weighted by Crippen LogP contribution is 2.40. The van der Waals surface area contributed by atoms with Gasteiger partial charge < -0.3 is 42.3 Å². The van der Waals surface area contributed by atoms with Gasteiger partial charge in [0.1, 0.15) is 0 Å². The van der Waals surface area contributed by atoms with Crippen molar-refractivity contribution < 1.29 is 28.2 Å². The molecule has 0 amide bonds. The van der Waals surface area contributed by atoms with Gasteiger partial charge in [-0.25, -0.2) is 8.42 Å². The number of quaternary nitrogens is 2. The highest BCUT2D eigenvalue weighted by atomic mass is 32.2. The van der Waals surface area contributed by atoms with Crippen LogP contribution in [0.15, 0.2) is 47.4 Å². The maximum absolute atomic E-state index is 14.0. The number of nitrogens with one attached hydrogen (secondary N) is 2. The smallest absolute Gasteiger partial charge is 0.180 e. The minimum Gasteiger partial charge on any atom is -0.550 e. The third kappa shape index (κ3) is 8.98. The lowest BCUT2D eigenvalue weighted by atomic mass is 9.87. The summed E-state index contributed by atoms with van der Waals surface area (Å²) in [5, 5.41) is 29.1. The molecule has 2 aromatic rings. The van der Waals surface area contributed by atoms with Crippen LogP contribution in [0.25, 0.3) is 0 Å². The minimum absolute atomic E-state index is 0. The Morgan fingerprint density at radius 2 is 1.68 bits per heavy atom. The van der Waals surface area contributed by atoms with Crippen molar-refractivity contribution in [3.8, 4) is 0 Å². The van der Waals surface area contributed by atoms with Crippen molar-refractivity contribution in [2.75, 3.05) is 24.7 Å². The van der Waals surface area contributed by atoms with Gasteiger partial charge in [0.05, 0.1) is 16.7 Å². The zero-order valence-electron chi connectivity index (χ0n) is 25.2. The van der Waals surface area contributed by atoms with Gasteiger partial charge in [0.2, 0.25) is 0 Å². The van der Waals surface area contributed by atoms with Crippen molar-refractivity contribution in [1.82, 2.24) is 22.9 Å². The molecule has 0 radical (unpaired) electrons. The number of carboxylic acid groups (broad SMARTS) is 2. The second kappa shape index (κ2) is 15.3. The summed E-state index contributed by atoms with van der Waals surface area (Å²) >= 11 is 0. The molecular formula is C29H47N5O6S. The average molecular weight is 594 g/mol. The molecule has 1 aliphatic rings. The first kappa shape index (κ1) is 36.0. The van der Waals surface area contributed by atoms with Crippen LogP contribution in [-0.2, 0) is 26.0 Å². The molecule has 0 bridgehead atoms. The molecule has 0 aliphatic carbocycles. The number of carboxylic acids is 2. The van der Waals surface area contributed by atoms with Gasteiger partial charge in [-0.2, -0.15) is 0 Å². The van der Waals surface area contributed by atoms with Crippen LogP contribution in [-0.4, -0.2) is 51.8 Å². The van der Waals surface area contributed by atoms with Gasteiger partial charge in [0.25, 0.3) is 0 Å². The number of nitrogens with zero attached hydrogens (tertiary/aromatic N) is 1. The Bertz CT molecular complexity index is 1260. The molecule has 10 N–H and O–H groups in total. The molecule has 0 unspecified atom stereocenters. The maximum atomic E-state index is 14.0. The summed E-state index contributed by atoms with van der Waals surface area (Å²) in [6.45, 7) is 4.18. The van der Waals surface area contributed by atoms with Crippen LogP contribution in [0.3, 0.4) is 0 Å². The number of carbonyl (C=O) groups is 2. The van der Waals surface area contributed by atoms with Crippen molar-refractivity contribution in [3.63, 3.8) is 0 Å². The van der Waals surface area contributed by atoms with E-state index >= 15 is 0 Å². The molecule has 3 rings (SSSR count). The van der Waals surface area contributed by atoms with Gasteiger partial charge in [0.15, 0.2) is 9.84 Å². The van der Waals surface area contributed by atoms with Gasteiger partial charge in [0, 0.05) is 62.7 Å². The second-order valence-electron chi connectivity index (χ2n) is 10.6. The number of rotatable bonds is 13. The van der Waals surface area contributed by atoms with Crippen LogP contribution in [0, 0.1) is 0 Å². The number of hydrogen-bond acceptors (Lipinski definition) is 9.